The molecule has 1 aromatic rings. The van der Waals surface area contributed by atoms with Crippen molar-refractivity contribution < 1.29 is 0 Å². The molecule has 0 unspecified atom stereocenters. The Labute approximate surface area is 71.2 Å². The maximum atomic E-state index is 10.8. The van der Waals surface area contributed by atoms with Crippen LogP contribution in [0.1, 0.15) is 0 Å². The predicted octanol–water partition coefficient (Wildman–Crippen LogP) is 1.55. The van der Waals surface area contributed by atoms with Gasteiger partial charge in [0.2, 0.25) is 0 Å². The third-order valence-corrected chi connectivity index (χ3v) is 1.56. The van der Waals surface area contributed by atoms with E-state index in [1.165, 1.54) is 14.1 Å². The van der Waals surface area contributed by atoms with Crippen molar-refractivity contribution in [3.63, 3.8) is 0 Å². The van der Waals surface area contributed by atoms with Crippen LogP contribution in [0.3, 0.4) is 0 Å². The van der Waals surface area contributed by atoms with Gasteiger partial charge in [-0.05, 0) is 32.3 Å². The second-order valence-electron chi connectivity index (χ2n) is 2.51. The van der Waals surface area contributed by atoms with Gasteiger partial charge in [0.25, 0.3) is 0 Å². The first-order valence-electron chi connectivity index (χ1n) is 3.53. The first kappa shape index (κ1) is 8.83. The quantitative estimate of drug-likeness (QED) is 0.625. The topological polar surface area (TPSA) is 52.6 Å². The smallest absolute Gasteiger partial charge is 0.0277 e. The van der Waals surface area contributed by atoms with Crippen LogP contribution in [0.15, 0.2) is 24.3 Å². The Hall–Kier alpha value is -1.26. The van der Waals surface area contributed by atoms with E-state index < -0.39 is 0 Å². The predicted molar refractivity (Wildman–Crippen MR) is 50.0 cm³/mol. The van der Waals surface area contributed by atoms with Gasteiger partial charge in [0.15, 0.2) is 0 Å². The molecule has 0 aliphatic heterocycles. The van der Waals surface area contributed by atoms with Crippen LogP contribution in [-0.2, 0) is 0 Å². The lowest BCUT2D eigenvalue weighted by molar-refractivity contribution is 1.18. The molecule has 0 amide bonds. The Kier molecular flexibility index (Phi) is 2.52. The Morgan fingerprint density at radius 1 is 1.00 bits per heavy atom. The molecule has 0 saturated carbocycles. The molecule has 1 rings (SSSR count). The Bertz CT molecular complexity index is 238. The summed E-state index contributed by atoms with van der Waals surface area (Å²) in [5.74, 6) is 0. The summed E-state index contributed by atoms with van der Waals surface area (Å²) in [5.41, 5.74) is 0.963. The van der Waals surface area contributed by atoms with E-state index >= 15 is 0 Å². The lowest BCUT2D eigenvalue weighted by Gasteiger charge is -2.29. The lowest BCUT2D eigenvalue weighted by Crippen LogP contribution is -2.09. The fourth-order valence-electron chi connectivity index (χ4n) is 0.885. The van der Waals surface area contributed by atoms with Crippen LogP contribution >= 0.6 is 0 Å². The van der Waals surface area contributed by atoms with Crippen molar-refractivity contribution in [2.75, 3.05) is 24.2 Å². The van der Waals surface area contributed by atoms with Gasteiger partial charge in [-0.2, -0.15) is 0 Å². The van der Waals surface area contributed by atoms with Crippen molar-refractivity contribution in [2.45, 2.75) is 0 Å². The summed E-state index contributed by atoms with van der Waals surface area (Å²) in [6.45, 7) is 0. The van der Waals surface area contributed by atoms with E-state index in [0.29, 0.717) is 21.5 Å². The van der Waals surface area contributed by atoms with Gasteiger partial charge in [-0.1, -0.05) is 6.07 Å². The summed E-state index contributed by atoms with van der Waals surface area (Å²) in [7, 11) is 2.79. The third-order valence-electron chi connectivity index (χ3n) is 1.56. The van der Waals surface area contributed by atoms with Crippen molar-refractivity contribution in [3.05, 3.63) is 34.7 Å². The first-order valence-corrected chi connectivity index (χ1v) is 3.53. The lowest BCUT2D eigenvalue weighted by atomic mass is 10.3. The number of hydroxylamine groups is 2. The molecule has 0 spiro atoms. The molecule has 0 heterocycles. The van der Waals surface area contributed by atoms with E-state index in [1.54, 1.807) is 24.3 Å². The second-order valence-corrected chi connectivity index (χ2v) is 2.51. The minimum Gasteiger partial charge on any atom is -0.758 e. The number of nitrogens with zero attached hydrogens (tertiary/aromatic N) is 2. The van der Waals surface area contributed by atoms with Crippen LogP contribution < -0.4 is 10.1 Å². The number of benzene rings is 1. The summed E-state index contributed by atoms with van der Waals surface area (Å²) >= 11 is 0. The molecule has 0 saturated heterocycles. The number of hydrogen-bond donors (Lipinski definition) is 0. The highest BCUT2D eigenvalue weighted by Gasteiger charge is 1.92. The van der Waals surface area contributed by atoms with Crippen LogP contribution in [-0.4, -0.2) is 14.1 Å². The zero-order chi connectivity index (χ0) is 9.14. The molecule has 0 aromatic heterocycles. The summed E-state index contributed by atoms with van der Waals surface area (Å²) < 4.78 is 0. The molecule has 0 N–H and O–H groups in total. The zero-order valence-corrected chi connectivity index (χ0v) is 7.02. The summed E-state index contributed by atoms with van der Waals surface area (Å²) in [5, 5.41) is 23.1. The molecule has 0 radical (unpaired) electrons. The Morgan fingerprint density at radius 3 is 1.75 bits per heavy atom. The minimum absolute atomic E-state index is 0.482. The number of hydrogen-bond acceptors (Lipinski definition) is 4. The van der Waals surface area contributed by atoms with Crippen LogP contribution in [0.4, 0.5) is 11.4 Å². The molecule has 0 fully saturated rings. The molecular weight excluding hydrogens is 156 g/mol. The second kappa shape index (κ2) is 3.42. The summed E-state index contributed by atoms with van der Waals surface area (Å²) in [6, 6.07) is 6.52. The van der Waals surface area contributed by atoms with Crippen molar-refractivity contribution in [1.29, 1.82) is 0 Å². The van der Waals surface area contributed by atoms with E-state index in [2.05, 4.69) is 0 Å². The molecule has 0 aliphatic carbocycles. The van der Waals surface area contributed by atoms with Gasteiger partial charge in [-0.15, -0.1) is 0 Å². The molecule has 4 heteroatoms. The highest BCUT2D eigenvalue weighted by Crippen LogP contribution is 2.19. The van der Waals surface area contributed by atoms with Crippen LogP contribution in [0.5, 0.6) is 0 Å². The highest BCUT2D eigenvalue weighted by atomic mass is 16.5. The van der Waals surface area contributed by atoms with E-state index in [9.17, 15) is 10.4 Å². The minimum atomic E-state index is 0.482. The standard InChI is InChI=1S/C8H10N2O2/c1-9(11)7-4-3-5-8(6-7)10(2)12/h3-6H,1-2H3/q-2. The molecule has 0 bridgehead atoms. The SMILES string of the molecule is CN([O-])c1cccc(N(C)[O-])c1. The van der Waals surface area contributed by atoms with Gasteiger partial charge in [0.1, 0.15) is 0 Å². The van der Waals surface area contributed by atoms with Gasteiger partial charge >= 0.3 is 0 Å². The van der Waals surface area contributed by atoms with E-state index in [-0.39, 0.29) is 0 Å². The Morgan fingerprint density at radius 2 is 1.42 bits per heavy atom. The average molecular weight is 166 g/mol. The maximum Gasteiger partial charge on any atom is 0.0277 e. The zero-order valence-electron chi connectivity index (χ0n) is 7.02. The van der Waals surface area contributed by atoms with E-state index in [0.717, 1.165) is 0 Å². The van der Waals surface area contributed by atoms with Gasteiger partial charge in [0, 0.05) is 11.4 Å². The largest absolute Gasteiger partial charge is 0.758 e. The monoisotopic (exact) mass is 166 g/mol. The molecular formula is C8H10N2O2-2. The van der Waals surface area contributed by atoms with Crippen LogP contribution in [0.25, 0.3) is 0 Å². The maximum absolute atomic E-state index is 10.8. The van der Waals surface area contributed by atoms with Gasteiger partial charge in [-0.25, -0.2) is 0 Å². The van der Waals surface area contributed by atoms with Crippen molar-refractivity contribution in [3.8, 4) is 0 Å². The highest BCUT2D eigenvalue weighted by molar-refractivity contribution is 5.59. The Balaban J connectivity index is 2.96. The summed E-state index contributed by atoms with van der Waals surface area (Å²) in [6.07, 6.45) is 0. The molecule has 0 atom stereocenters. The van der Waals surface area contributed by atoms with Gasteiger partial charge < -0.3 is 20.5 Å². The molecule has 12 heavy (non-hydrogen) atoms. The van der Waals surface area contributed by atoms with Crippen LogP contribution in [0, 0.1) is 10.4 Å². The normalized spacial score (nSPS) is 9.67. The summed E-state index contributed by atoms with van der Waals surface area (Å²) in [4.78, 5) is 0. The molecule has 66 valence electrons. The van der Waals surface area contributed by atoms with E-state index in [1.807, 2.05) is 0 Å². The first-order chi connectivity index (χ1) is 5.61. The van der Waals surface area contributed by atoms with Gasteiger partial charge in [0.05, 0.1) is 0 Å². The third kappa shape index (κ3) is 1.87. The van der Waals surface area contributed by atoms with Gasteiger partial charge in [-0.3, -0.25) is 0 Å². The number of rotatable bonds is 2. The molecule has 1 aromatic carbocycles. The molecule has 0 aliphatic rings. The number of anilines is 2. The van der Waals surface area contributed by atoms with Crippen molar-refractivity contribution in [2.24, 2.45) is 0 Å². The fourth-order valence-corrected chi connectivity index (χ4v) is 0.885. The van der Waals surface area contributed by atoms with Crippen LogP contribution in [0.2, 0.25) is 0 Å². The fraction of sp³-hybridized carbons (Fsp3) is 0.250. The molecule has 4 nitrogen and oxygen atoms in total. The average Bonchev–Trinajstić information content (AvgIpc) is 2.04. The van der Waals surface area contributed by atoms with E-state index in [4.69, 9.17) is 0 Å². The van der Waals surface area contributed by atoms with Crippen molar-refractivity contribution in [1.82, 2.24) is 0 Å². The van der Waals surface area contributed by atoms with Crippen molar-refractivity contribution >= 4 is 11.4 Å².